The number of fused-ring (bicyclic) bond motifs is 3. The number of hydrogen-bond acceptors (Lipinski definition) is 6. The zero-order valence-corrected chi connectivity index (χ0v) is 23.6. The van der Waals surface area contributed by atoms with Crippen LogP contribution in [0.4, 0.5) is 5.69 Å². The van der Waals surface area contributed by atoms with Gasteiger partial charge in [-0.3, -0.25) is 4.79 Å². The van der Waals surface area contributed by atoms with Gasteiger partial charge in [-0.2, -0.15) is 0 Å². The van der Waals surface area contributed by atoms with E-state index in [2.05, 4.69) is 69.4 Å². The SMILES string of the molecule is Cc1cc(-c2cc3c(-c4ccc(C(=O)N5CC6CCC(C5)N6)cc4)c[nH]c3nn2)cc(C)c1N1CCN(C)CC1. The smallest absolute Gasteiger partial charge is 0.253 e. The Morgan fingerprint density at radius 1 is 0.875 bits per heavy atom. The molecule has 1 amide bonds. The molecule has 8 heteroatoms. The van der Waals surface area contributed by atoms with E-state index in [-0.39, 0.29) is 5.91 Å². The highest BCUT2D eigenvalue weighted by atomic mass is 16.2. The highest BCUT2D eigenvalue weighted by Gasteiger charge is 2.34. The standard InChI is InChI=1S/C32H37N7O/c1-20-14-24(15-21(2)30(20)38-12-10-37(3)11-13-38)29-16-27-28(17-33-31(27)36-35-29)22-4-6-23(7-5-22)32(40)39-18-25-8-9-26(19-39)34-25/h4-7,14-17,25-26,34H,8-13,18-19H2,1-3H3,(H,33,36). The van der Waals surface area contributed by atoms with Crippen LogP contribution in [0.15, 0.2) is 48.7 Å². The molecule has 7 rings (SSSR count). The van der Waals surface area contributed by atoms with Gasteiger partial charge in [0.05, 0.1) is 5.69 Å². The number of carbonyl (C=O) groups excluding carboxylic acids is 1. The van der Waals surface area contributed by atoms with Crippen LogP contribution in [0.1, 0.15) is 34.3 Å². The van der Waals surface area contributed by atoms with E-state index in [1.54, 1.807) is 0 Å². The van der Waals surface area contributed by atoms with Gasteiger partial charge in [0.25, 0.3) is 5.91 Å². The van der Waals surface area contributed by atoms with Crippen molar-refractivity contribution in [2.75, 3.05) is 51.2 Å². The van der Waals surface area contributed by atoms with Gasteiger partial charge >= 0.3 is 0 Å². The van der Waals surface area contributed by atoms with Crippen molar-refractivity contribution in [3.63, 3.8) is 0 Å². The molecule has 2 bridgehead atoms. The Hall–Kier alpha value is -3.75. The number of anilines is 1. The van der Waals surface area contributed by atoms with Gasteiger partial charge in [-0.05, 0) is 80.8 Å². The van der Waals surface area contributed by atoms with E-state index in [9.17, 15) is 4.79 Å². The molecule has 3 aliphatic rings. The molecule has 2 N–H and O–H groups in total. The van der Waals surface area contributed by atoms with Gasteiger partial charge in [-0.25, -0.2) is 0 Å². The van der Waals surface area contributed by atoms with Crippen molar-refractivity contribution < 1.29 is 4.79 Å². The lowest BCUT2D eigenvalue weighted by Gasteiger charge is -2.36. The number of aromatic nitrogens is 3. The van der Waals surface area contributed by atoms with Gasteiger partial charge in [0, 0.05) is 85.3 Å². The van der Waals surface area contributed by atoms with Crippen LogP contribution in [-0.4, -0.2) is 89.3 Å². The molecule has 3 aliphatic heterocycles. The first-order chi connectivity index (χ1) is 19.4. The molecule has 0 aliphatic carbocycles. The number of rotatable bonds is 4. The summed E-state index contributed by atoms with van der Waals surface area (Å²) in [6.07, 6.45) is 4.32. The Balaban J connectivity index is 1.15. The Labute approximate surface area is 235 Å². The summed E-state index contributed by atoms with van der Waals surface area (Å²) in [5, 5.41) is 13.7. The quantitative estimate of drug-likeness (QED) is 0.407. The summed E-state index contributed by atoms with van der Waals surface area (Å²) in [6.45, 7) is 10.3. The summed E-state index contributed by atoms with van der Waals surface area (Å²) < 4.78 is 0. The maximum Gasteiger partial charge on any atom is 0.253 e. The third-order valence-corrected chi connectivity index (χ3v) is 8.99. The van der Waals surface area contributed by atoms with Gasteiger partial charge in [0.1, 0.15) is 0 Å². The van der Waals surface area contributed by atoms with Crippen molar-refractivity contribution in [1.29, 1.82) is 0 Å². The predicted molar refractivity (Wildman–Crippen MR) is 160 cm³/mol. The topological polar surface area (TPSA) is 80.4 Å². The fraction of sp³-hybridized carbons (Fsp3) is 0.406. The van der Waals surface area contributed by atoms with Crippen molar-refractivity contribution >= 4 is 22.6 Å². The second-order valence-electron chi connectivity index (χ2n) is 11.9. The molecule has 2 aromatic heterocycles. The molecule has 5 heterocycles. The maximum atomic E-state index is 13.2. The average Bonchev–Trinajstić information content (AvgIpc) is 3.54. The lowest BCUT2D eigenvalue weighted by molar-refractivity contribution is 0.0697. The number of nitrogens with zero attached hydrogens (tertiary/aromatic N) is 5. The molecule has 8 nitrogen and oxygen atoms in total. The third kappa shape index (κ3) is 4.55. The third-order valence-electron chi connectivity index (χ3n) is 8.99. The van der Waals surface area contributed by atoms with E-state index in [0.29, 0.717) is 12.1 Å². The number of hydrogen-bond donors (Lipinski definition) is 2. The molecule has 40 heavy (non-hydrogen) atoms. The number of H-pyrrole nitrogens is 1. The molecule has 3 fully saturated rings. The first-order valence-corrected chi connectivity index (χ1v) is 14.5. The molecule has 0 saturated carbocycles. The second kappa shape index (κ2) is 10.0. The maximum absolute atomic E-state index is 13.2. The van der Waals surface area contributed by atoms with Crippen LogP contribution in [0.25, 0.3) is 33.4 Å². The van der Waals surface area contributed by atoms with Crippen molar-refractivity contribution in [2.24, 2.45) is 0 Å². The van der Waals surface area contributed by atoms with E-state index in [1.165, 1.54) is 29.7 Å². The van der Waals surface area contributed by atoms with Crippen LogP contribution in [0.2, 0.25) is 0 Å². The van der Waals surface area contributed by atoms with Crippen LogP contribution in [-0.2, 0) is 0 Å². The molecule has 2 aromatic carbocycles. The van der Waals surface area contributed by atoms with Gasteiger partial charge < -0.3 is 25.0 Å². The summed E-state index contributed by atoms with van der Waals surface area (Å²) in [4.78, 5) is 23.4. The van der Waals surface area contributed by atoms with E-state index < -0.39 is 0 Å². The highest BCUT2D eigenvalue weighted by molar-refractivity contribution is 5.97. The minimum atomic E-state index is 0.128. The lowest BCUT2D eigenvalue weighted by atomic mass is 9.99. The highest BCUT2D eigenvalue weighted by Crippen LogP contribution is 2.34. The van der Waals surface area contributed by atoms with E-state index in [0.717, 1.165) is 78.2 Å². The number of aryl methyl sites for hydroxylation is 2. The molecule has 4 aromatic rings. The molecule has 206 valence electrons. The Morgan fingerprint density at radius 3 is 2.23 bits per heavy atom. The summed E-state index contributed by atoms with van der Waals surface area (Å²) >= 11 is 0. The van der Waals surface area contributed by atoms with E-state index in [4.69, 9.17) is 0 Å². The molecular weight excluding hydrogens is 498 g/mol. The Kier molecular flexibility index (Phi) is 6.32. The zero-order valence-electron chi connectivity index (χ0n) is 23.6. The number of carbonyl (C=O) groups is 1. The van der Waals surface area contributed by atoms with Crippen LogP contribution in [0, 0.1) is 13.8 Å². The monoisotopic (exact) mass is 535 g/mol. The lowest BCUT2D eigenvalue weighted by Crippen LogP contribution is -2.53. The molecule has 2 unspecified atom stereocenters. The van der Waals surface area contributed by atoms with Crippen LogP contribution >= 0.6 is 0 Å². The first-order valence-electron chi connectivity index (χ1n) is 14.5. The summed E-state index contributed by atoms with van der Waals surface area (Å²) in [6, 6.07) is 15.5. The van der Waals surface area contributed by atoms with Gasteiger partial charge in [0.15, 0.2) is 5.65 Å². The first kappa shape index (κ1) is 25.2. The number of likely N-dealkylation sites (tertiary alicyclic amines) is 1. The second-order valence-corrected chi connectivity index (χ2v) is 11.9. The van der Waals surface area contributed by atoms with Crippen molar-refractivity contribution in [1.82, 2.24) is 30.3 Å². The molecule has 3 saturated heterocycles. The van der Waals surface area contributed by atoms with Crippen molar-refractivity contribution in [2.45, 2.75) is 38.8 Å². The number of nitrogens with one attached hydrogen (secondary N) is 2. The number of likely N-dealkylation sites (N-methyl/N-ethyl adjacent to an activating group) is 1. The van der Waals surface area contributed by atoms with E-state index in [1.807, 2.05) is 35.4 Å². The predicted octanol–water partition coefficient (Wildman–Crippen LogP) is 4.24. The van der Waals surface area contributed by atoms with Crippen LogP contribution in [0.3, 0.4) is 0 Å². The largest absolute Gasteiger partial charge is 0.369 e. The van der Waals surface area contributed by atoms with Gasteiger partial charge in [-0.15, -0.1) is 10.2 Å². The van der Waals surface area contributed by atoms with Crippen molar-refractivity contribution in [3.05, 3.63) is 65.4 Å². The van der Waals surface area contributed by atoms with E-state index >= 15 is 0 Å². The minimum absolute atomic E-state index is 0.128. The van der Waals surface area contributed by atoms with Crippen LogP contribution < -0.4 is 10.2 Å². The molecule has 0 spiro atoms. The minimum Gasteiger partial charge on any atom is -0.369 e. The van der Waals surface area contributed by atoms with Gasteiger partial charge in [0.2, 0.25) is 0 Å². The number of amides is 1. The average molecular weight is 536 g/mol. The Bertz CT molecular complexity index is 1530. The normalized spacial score (nSPS) is 21.4. The number of aromatic amines is 1. The number of piperazine rings is 2. The molecule has 2 atom stereocenters. The summed E-state index contributed by atoms with van der Waals surface area (Å²) in [7, 11) is 2.19. The summed E-state index contributed by atoms with van der Waals surface area (Å²) in [5.41, 5.74) is 9.46. The zero-order chi connectivity index (χ0) is 27.4. The Morgan fingerprint density at radius 2 is 1.55 bits per heavy atom. The molecule has 0 radical (unpaired) electrons. The molecular formula is C32H37N7O. The summed E-state index contributed by atoms with van der Waals surface area (Å²) in [5.74, 6) is 0.128. The fourth-order valence-corrected chi connectivity index (χ4v) is 6.87. The van der Waals surface area contributed by atoms with Crippen LogP contribution in [0.5, 0.6) is 0 Å². The van der Waals surface area contributed by atoms with Gasteiger partial charge in [-0.1, -0.05) is 12.1 Å². The fourth-order valence-electron chi connectivity index (χ4n) is 6.87. The number of benzene rings is 2. The van der Waals surface area contributed by atoms with Crippen molar-refractivity contribution in [3.8, 4) is 22.4 Å².